The van der Waals surface area contributed by atoms with E-state index < -0.39 is 18.0 Å². The highest BCUT2D eigenvalue weighted by Gasteiger charge is 2.22. The number of nitrogens with two attached hydrogens (primary N) is 1. The van der Waals surface area contributed by atoms with Crippen molar-refractivity contribution in [2.24, 2.45) is 5.73 Å². The minimum atomic E-state index is -0.845. The zero-order valence-corrected chi connectivity index (χ0v) is 14.9. The molecule has 0 spiro atoms. The van der Waals surface area contributed by atoms with E-state index in [1.165, 1.54) is 5.56 Å². The molecule has 5 nitrogen and oxygen atoms in total. The molecule has 1 heterocycles. The highest BCUT2D eigenvalue weighted by Crippen LogP contribution is 2.28. The van der Waals surface area contributed by atoms with Gasteiger partial charge in [0.2, 0.25) is 5.91 Å². The Kier molecular flexibility index (Phi) is 6.11. The summed E-state index contributed by atoms with van der Waals surface area (Å²) in [5.74, 6) is 0.0234. The molecule has 0 aliphatic rings. The molecular formula is C18H23N3O2S. The molecule has 1 aromatic carbocycles. The molecule has 2 aromatic rings. The Labute approximate surface area is 146 Å². The number of nitrogens with one attached hydrogen (secondary N) is 2. The highest BCUT2D eigenvalue weighted by molar-refractivity contribution is 7.10. The van der Waals surface area contributed by atoms with E-state index in [-0.39, 0.29) is 6.04 Å². The minimum Gasteiger partial charge on any atom is -0.351 e. The molecule has 6 heteroatoms. The second-order valence-electron chi connectivity index (χ2n) is 6.01. The Bertz CT molecular complexity index is 681. The lowest BCUT2D eigenvalue weighted by Crippen LogP contribution is -2.47. The molecular weight excluding hydrogens is 322 g/mol. The van der Waals surface area contributed by atoms with Crippen molar-refractivity contribution < 1.29 is 9.59 Å². The van der Waals surface area contributed by atoms with E-state index in [4.69, 9.17) is 5.73 Å². The lowest BCUT2D eigenvalue weighted by molar-refractivity contribution is -0.121. The van der Waals surface area contributed by atoms with Gasteiger partial charge in [-0.05, 0) is 35.4 Å². The summed E-state index contributed by atoms with van der Waals surface area (Å²) in [5, 5.41) is 7.39. The average Bonchev–Trinajstić information content (AvgIpc) is 3.06. The fraction of sp³-hybridized carbons (Fsp3) is 0.333. The van der Waals surface area contributed by atoms with E-state index in [0.29, 0.717) is 5.92 Å². The fourth-order valence-electron chi connectivity index (χ4n) is 2.43. The first-order valence-corrected chi connectivity index (χ1v) is 8.76. The fourth-order valence-corrected chi connectivity index (χ4v) is 3.24. The predicted octanol–water partition coefficient (Wildman–Crippen LogP) is 3.13. The van der Waals surface area contributed by atoms with Gasteiger partial charge >= 0.3 is 6.03 Å². The van der Waals surface area contributed by atoms with Gasteiger partial charge in [-0.3, -0.25) is 15.4 Å². The van der Waals surface area contributed by atoms with Gasteiger partial charge in [-0.2, -0.15) is 0 Å². The summed E-state index contributed by atoms with van der Waals surface area (Å²) in [6.45, 7) is 6.02. The summed E-state index contributed by atoms with van der Waals surface area (Å²) in [5.41, 5.74) is 7.35. The first kappa shape index (κ1) is 18.2. The molecule has 0 bridgehead atoms. The standard InChI is InChI=1S/C18H23N3O2S/c1-11(2)13-6-8-14(9-7-13)16(15-5-4-10-24-15)20-12(3)17(22)21-18(19)23/h4-12,16,20H,1-3H3,(H3,19,21,22,23)/t12-,16+/m0/s1. The number of carbonyl (C=O) groups excluding carboxylic acids is 2. The average molecular weight is 345 g/mol. The molecule has 0 saturated heterocycles. The third-order valence-corrected chi connectivity index (χ3v) is 4.76. The number of urea groups is 1. The summed E-state index contributed by atoms with van der Waals surface area (Å²) >= 11 is 1.62. The largest absolute Gasteiger partial charge is 0.351 e. The van der Waals surface area contributed by atoms with Crippen LogP contribution in [0.2, 0.25) is 0 Å². The smallest absolute Gasteiger partial charge is 0.318 e. The number of thiophene rings is 1. The summed E-state index contributed by atoms with van der Waals surface area (Å²) in [4.78, 5) is 23.9. The van der Waals surface area contributed by atoms with Gasteiger partial charge in [0.1, 0.15) is 0 Å². The third kappa shape index (κ3) is 4.66. The van der Waals surface area contributed by atoms with Gasteiger partial charge in [-0.1, -0.05) is 44.2 Å². The maximum Gasteiger partial charge on any atom is 0.318 e. The van der Waals surface area contributed by atoms with Crippen LogP contribution in [0.25, 0.3) is 0 Å². The van der Waals surface area contributed by atoms with Crippen LogP contribution in [0, 0.1) is 0 Å². The Balaban J connectivity index is 2.22. The van der Waals surface area contributed by atoms with Crippen molar-refractivity contribution in [3.8, 4) is 0 Å². The quantitative estimate of drug-likeness (QED) is 0.752. The Hall–Kier alpha value is -2.18. The first-order chi connectivity index (χ1) is 11.4. The molecule has 3 amide bonds. The van der Waals surface area contributed by atoms with Gasteiger partial charge in [0.25, 0.3) is 0 Å². The monoisotopic (exact) mass is 345 g/mol. The van der Waals surface area contributed by atoms with E-state index in [1.54, 1.807) is 18.3 Å². The lowest BCUT2D eigenvalue weighted by atomic mass is 9.98. The number of hydrogen-bond acceptors (Lipinski definition) is 4. The third-order valence-electron chi connectivity index (χ3n) is 3.82. The summed E-state index contributed by atoms with van der Waals surface area (Å²) in [6.07, 6.45) is 0. The van der Waals surface area contributed by atoms with Crippen LogP contribution < -0.4 is 16.4 Å². The van der Waals surface area contributed by atoms with Gasteiger partial charge < -0.3 is 5.73 Å². The molecule has 128 valence electrons. The van der Waals surface area contributed by atoms with Crippen LogP contribution in [0.5, 0.6) is 0 Å². The predicted molar refractivity (Wildman–Crippen MR) is 97.0 cm³/mol. The van der Waals surface area contributed by atoms with Crippen LogP contribution in [0.4, 0.5) is 4.79 Å². The number of rotatable bonds is 6. The number of carbonyl (C=O) groups is 2. The van der Waals surface area contributed by atoms with Crippen molar-refractivity contribution in [2.75, 3.05) is 0 Å². The SMILES string of the molecule is CC(C)c1ccc([C@@H](N[C@@H](C)C(=O)NC(N)=O)c2cccs2)cc1. The Morgan fingerprint density at radius 3 is 2.17 bits per heavy atom. The maximum absolute atomic E-state index is 12.0. The number of imide groups is 1. The van der Waals surface area contributed by atoms with Gasteiger partial charge in [0, 0.05) is 4.88 Å². The van der Waals surface area contributed by atoms with Crippen LogP contribution in [0.3, 0.4) is 0 Å². The second-order valence-corrected chi connectivity index (χ2v) is 6.99. The van der Waals surface area contributed by atoms with Gasteiger partial charge in [0.15, 0.2) is 0 Å². The minimum absolute atomic E-state index is 0.125. The molecule has 0 saturated carbocycles. The number of amides is 3. The molecule has 0 aliphatic heterocycles. The van der Waals surface area contributed by atoms with E-state index in [0.717, 1.165) is 10.4 Å². The molecule has 0 unspecified atom stereocenters. The van der Waals surface area contributed by atoms with Crippen molar-refractivity contribution in [2.45, 2.75) is 38.8 Å². The van der Waals surface area contributed by atoms with Crippen molar-refractivity contribution >= 4 is 23.3 Å². The van der Waals surface area contributed by atoms with Gasteiger partial charge in [-0.15, -0.1) is 11.3 Å². The number of primary amides is 1. The van der Waals surface area contributed by atoms with E-state index in [9.17, 15) is 9.59 Å². The maximum atomic E-state index is 12.0. The van der Waals surface area contributed by atoms with E-state index >= 15 is 0 Å². The molecule has 0 radical (unpaired) electrons. The first-order valence-electron chi connectivity index (χ1n) is 7.88. The second kappa shape index (κ2) is 8.08. The summed E-state index contributed by atoms with van der Waals surface area (Å²) < 4.78 is 0. The number of hydrogen-bond donors (Lipinski definition) is 3. The van der Waals surface area contributed by atoms with Crippen molar-refractivity contribution in [1.29, 1.82) is 0 Å². The van der Waals surface area contributed by atoms with Crippen molar-refractivity contribution in [1.82, 2.24) is 10.6 Å². The van der Waals surface area contributed by atoms with Crippen LogP contribution in [-0.2, 0) is 4.79 Å². The van der Waals surface area contributed by atoms with Crippen LogP contribution in [0.1, 0.15) is 48.7 Å². The topological polar surface area (TPSA) is 84.2 Å². The molecule has 2 atom stereocenters. The van der Waals surface area contributed by atoms with E-state index in [1.807, 2.05) is 17.5 Å². The van der Waals surface area contributed by atoms with Crippen LogP contribution >= 0.6 is 11.3 Å². The Morgan fingerprint density at radius 2 is 1.67 bits per heavy atom. The molecule has 1 aromatic heterocycles. The zero-order valence-electron chi connectivity index (χ0n) is 14.1. The lowest BCUT2D eigenvalue weighted by Gasteiger charge is -2.22. The number of benzene rings is 1. The normalized spacial score (nSPS) is 13.5. The zero-order chi connectivity index (χ0) is 17.7. The van der Waals surface area contributed by atoms with E-state index in [2.05, 4.69) is 48.7 Å². The van der Waals surface area contributed by atoms with Crippen molar-refractivity contribution in [3.05, 3.63) is 57.8 Å². The van der Waals surface area contributed by atoms with Crippen LogP contribution in [-0.4, -0.2) is 18.0 Å². The molecule has 0 fully saturated rings. The van der Waals surface area contributed by atoms with Crippen molar-refractivity contribution in [3.63, 3.8) is 0 Å². The Morgan fingerprint density at radius 1 is 1.04 bits per heavy atom. The highest BCUT2D eigenvalue weighted by atomic mass is 32.1. The molecule has 4 N–H and O–H groups in total. The summed E-state index contributed by atoms with van der Waals surface area (Å²) in [7, 11) is 0. The summed E-state index contributed by atoms with van der Waals surface area (Å²) in [6, 6.07) is 10.8. The molecule has 0 aliphatic carbocycles. The van der Waals surface area contributed by atoms with Crippen LogP contribution in [0.15, 0.2) is 41.8 Å². The van der Waals surface area contributed by atoms with Gasteiger partial charge in [-0.25, -0.2) is 4.79 Å². The molecule has 2 rings (SSSR count). The molecule has 24 heavy (non-hydrogen) atoms. The van der Waals surface area contributed by atoms with Gasteiger partial charge in [0.05, 0.1) is 12.1 Å².